The summed E-state index contributed by atoms with van der Waals surface area (Å²) in [7, 11) is 0. The number of carbonyl (C=O) groups excluding carboxylic acids is 1. The highest BCUT2D eigenvalue weighted by atomic mass is 16.4. The normalized spacial score (nSPS) is 15.8. The number of aromatic nitrogens is 3. The van der Waals surface area contributed by atoms with Crippen LogP contribution >= 0.6 is 0 Å². The van der Waals surface area contributed by atoms with Crippen LogP contribution in [0.1, 0.15) is 17.3 Å². The number of fused-ring (bicyclic) bond motifs is 1. The van der Waals surface area contributed by atoms with E-state index in [-0.39, 0.29) is 5.91 Å². The Morgan fingerprint density at radius 3 is 2.76 bits per heavy atom. The lowest BCUT2D eigenvalue weighted by molar-refractivity contribution is -0.132. The fourth-order valence-corrected chi connectivity index (χ4v) is 3.30. The summed E-state index contributed by atoms with van der Waals surface area (Å²) < 4.78 is 5.42. The topological polar surface area (TPSA) is 78.3 Å². The number of hydrogen-bond donors (Lipinski definition) is 1. The van der Waals surface area contributed by atoms with Crippen LogP contribution in [0.25, 0.3) is 10.9 Å². The van der Waals surface area contributed by atoms with Crippen molar-refractivity contribution in [3.63, 3.8) is 0 Å². The van der Waals surface area contributed by atoms with Crippen molar-refractivity contribution in [3.05, 3.63) is 47.8 Å². The van der Waals surface area contributed by atoms with E-state index in [0.717, 1.165) is 42.6 Å². The third kappa shape index (κ3) is 3.41. The number of benzene rings is 1. The molecule has 0 unspecified atom stereocenters. The lowest BCUT2D eigenvalue weighted by atomic mass is 10.1. The zero-order valence-corrected chi connectivity index (χ0v) is 14.2. The van der Waals surface area contributed by atoms with Gasteiger partial charge in [-0.05, 0) is 11.6 Å². The molecule has 2 aromatic heterocycles. The fourth-order valence-electron chi connectivity index (χ4n) is 3.30. The Balaban J connectivity index is 1.33. The van der Waals surface area contributed by atoms with Gasteiger partial charge in [0.15, 0.2) is 0 Å². The van der Waals surface area contributed by atoms with E-state index >= 15 is 0 Å². The monoisotopic (exact) mass is 339 g/mol. The van der Waals surface area contributed by atoms with Crippen molar-refractivity contribution in [2.24, 2.45) is 0 Å². The minimum Gasteiger partial charge on any atom is -0.424 e. The number of hydrogen-bond acceptors (Lipinski definition) is 5. The average Bonchev–Trinajstić information content (AvgIpc) is 3.22. The highest BCUT2D eigenvalue weighted by Crippen LogP contribution is 2.19. The maximum Gasteiger partial charge on any atom is 0.230 e. The van der Waals surface area contributed by atoms with Crippen molar-refractivity contribution in [2.45, 2.75) is 19.9 Å². The Bertz CT molecular complexity index is 876. The van der Waals surface area contributed by atoms with Crippen LogP contribution < -0.4 is 0 Å². The molecule has 0 aliphatic carbocycles. The van der Waals surface area contributed by atoms with E-state index < -0.39 is 0 Å². The molecule has 3 heterocycles. The predicted octanol–water partition coefficient (Wildman–Crippen LogP) is 1.75. The van der Waals surface area contributed by atoms with Gasteiger partial charge in [0.05, 0.1) is 13.0 Å². The lowest BCUT2D eigenvalue weighted by Crippen LogP contribution is -2.48. The van der Waals surface area contributed by atoms with Crippen molar-refractivity contribution in [2.75, 3.05) is 26.2 Å². The summed E-state index contributed by atoms with van der Waals surface area (Å²) in [4.78, 5) is 20.0. The number of para-hydroxylation sites is 1. The highest BCUT2D eigenvalue weighted by molar-refractivity contribution is 5.88. The minimum absolute atomic E-state index is 0.179. The maximum absolute atomic E-state index is 12.6. The van der Waals surface area contributed by atoms with Gasteiger partial charge in [0.1, 0.15) is 0 Å². The minimum atomic E-state index is 0.179. The number of aromatic amines is 1. The molecule has 1 aliphatic rings. The first-order chi connectivity index (χ1) is 12.2. The van der Waals surface area contributed by atoms with Crippen LogP contribution in [0.3, 0.4) is 0 Å². The van der Waals surface area contributed by atoms with Crippen molar-refractivity contribution in [1.82, 2.24) is 25.0 Å². The highest BCUT2D eigenvalue weighted by Gasteiger charge is 2.23. The largest absolute Gasteiger partial charge is 0.424 e. The molecular weight excluding hydrogens is 318 g/mol. The van der Waals surface area contributed by atoms with Crippen LogP contribution in [-0.4, -0.2) is 57.1 Å². The molecule has 7 nitrogen and oxygen atoms in total. The summed E-state index contributed by atoms with van der Waals surface area (Å²) in [5, 5.41) is 9.01. The number of nitrogens with one attached hydrogen (secondary N) is 1. The van der Waals surface area contributed by atoms with E-state index in [1.807, 2.05) is 29.3 Å². The lowest BCUT2D eigenvalue weighted by Gasteiger charge is -2.34. The Hall–Kier alpha value is -2.67. The summed E-state index contributed by atoms with van der Waals surface area (Å²) >= 11 is 0. The summed E-state index contributed by atoms with van der Waals surface area (Å²) in [6, 6.07) is 8.08. The van der Waals surface area contributed by atoms with Crippen molar-refractivity contribution in [3.8, 4) is 0 Å². The first-order valence-corrected chi connectivity index (χ1v) is 8.53. The molecule has 1 aromatic carbocycles. The van der Waals surface area contributed by atoms with Crippen LogP contribution in [0.15, 0.2) is 34.9 Å². The second-order valence-corrected chi connectivity index (χ2v) is 6.41. The Morgan fingerprint density at radius 2 is 2.00 bits per heavy atom. The number of aryl methyl sites for hydroxylation is 1. The van der Waals surface area contributed by atoms with E-state index in [2.05, 4.69) is 26.1 Å². The van der Waals surface area contributed by atoms with Crippen LogP contribution in [0.2, 0.25) is 0 Å². The number of nitrogens with zero attached hydrogens (tertiary/aromatic N) is 4. The first-order valence-electron chi connectivity index (χ1n) is 8.53. The second kappa shape index (κ2) is 6.68. The molecule has 1 N–H and O–H groups in total. The number of H-pyrrole nitrogens is 1. The van der Waals surface area contributed by atoms with Crippen molar-refractivity contribution < 1.29 is 9.21 Å². The smallest absolute Gasteiger partial charge is 0.230 e. The van der Waals surface area contributed by atoms with E-state index in [9.17, 15) is 4.79 Å². The van der Waals surface area contributed by atoms with Crippen molar-refractivity contribution in [1.29, 1.82) is 0 Å². The molecule has 1 saturated heterocycles. The molecule has 0 atom stereocenters. The van der Waals surface area contributed by atoms with Gasteiger partial charge in [-0.1, -0.05) is 18.2 Å². The number of rotatable bonds is 4. The summed E-state index contributed by atoms with van der Waals surface area (Å²) in [5.41, 5.74) is 2.13. The standard InChI is InChI=1S/C18H21N5O2/c1-13-20-21-17(25-13)12-22-6-8-23(9-7-22)18(24)10-14-11-19-16-5-3-2-4-15(14)16/h2-5,11,19H,6-10,12H2,1H3. The fraction of sp³-hybridized carbons (Fsp3) is 0.389. The molecule has 0 bridgehead atoms. The number of amides is 1. The third-order valence-electron chi connectivity index (χ3n) is 4.67. The SMILES string of the molecule is Cc1nnc(CN2CCN(C(=O)Cc3c[nH]c4ccccc34)CC2)o1. The van der Waals surface area contributed by atoms with E-state index in [1.54, 1.807) is 6.92 Å². The first kappa shape index (κ1) is 15.8. The maximum atomic E-state index is 12.6. The van der Waals surface area contributed by atoms with Gasteiger partial charge in [-0.3, -0.25) is 9.69 Å². The molecule has 3 aromatic rings. The van der Waals surface area contributed by atoms with Gasteiger partial charge in [0.2, 0.25) is 17.7 Å². The molecule has 130 valence electrons. The molecule has 0 radical (unpaired) electrons. The molecule has 4 rings (SSSR count). The third-order valence-corrected chi connectivity index (χ3v) is 4.67. The van der Waals surface area contributed by atoms with E-state index in [4.69, 9.17) is 4.42 Å². The summed E-state index contributed by atoms with van der Waals surface area (Å²) in [6.07, 6.45) is 2.38. The van der Waals surface area contributed by atoms with Gasteiger partial charge in [0, 0.05) is 50.2 Å². The Morgan fingerprint density at radius 1 is 1.20 bits per heavy atom. The van der Waals surface area contributed by atoms with E-state index in [0.29, 0.717) is 24.7 Å². The zero-order valence-electron chi connectivity index (χ0n) is 14.2. The summed E-state index contributed by atoms with van der Waals surface area (Å²) in [5.74, 6) is 1.40. The van der Waals surface area contributed by atoms with Crippen LogP contribution in [0.4, 0.5) is 0 Å². The van der Waals surface area contributed by atoms with Crippen LogP contribution in [0.5, 0.6) is 0 Å². The number of piperazine rings is 1. The molecule has 0 saturated carbocycles. The summed E-state index contributed by atoms with van der Waals surface area (Å²) in [6.45, 7) is 5.54. The van der Waals surface area contributed by atoms with Crippen LogP contribution in [0, 0.1) is 6.92 Å². The van der Waals surface area contributed by atoms with Gasteiger partial charge < -0.3 is 14.3 Å². The zero-order chi connectivity index (χ0) is 17.2. The van der Waals surface area contributed by atoms with Gasteiger partial charge in [-0.2, -0.15) is 0 Å². The molecular formula is C18H21N5O2. The molecule has 1 fully saturated rings. The second-order valence-electron chi connectivity index (χ2n) is 6.41. The molecule has 0 spiro atoms. The predicted molar refractivity (Wildman–Crippen MR) is 92.9 cm³/mol. The average molecular weight is 339 g/mol. The van der Waals surface area contributed by atoms with Crippen LogP contribution in [-0.2, 0) is 17.8 Å². The molecule has 1 amide bonds. The van der Waals surface area contributed by atoms with Gasteiger partial charge in [0.25, 0.3) is 0 Å². The molecule has 7 heteroatoms. The van der Waals surface area contributed by atoms with Crippen molar-refractivity contribution >= 4 is 16.8 Å². The van der Waals surface area contributed by atoms with Gasteiger partial charge in [-0.15, -0.1) is 10.2 Å². The van der Waals surface area contributed by atoms with Gasteiger partial charge in [-0.25, -0.2) is 0 Å². The quantitative estimate of drug-likeness (QED) is 0.783. The number of carbonyl (C=O) groups is 1. The van der Waals surface area contributed by atoms with Gasteiger partial charge >= 0.3 is 0 Å². The Labute approximate surface area is 145 Å². The van der Waals surface area contributed by atoms with E-state index in [1.165, 1.54) is 0 Å². The molecule has 25 heavy (non-hydrogen) atoms. The molecule has 1 aliphatic heterocycles. The Kier molecular flexibility index (Phi) is 4.23.